The summed E-state index contributed by atoms with van der Waals surface area (Å²) in [6, 6.07) is 5.85. The van der Waals surface area contributed by atoms with E-state index < -0.39 is 18.5 Å². The van der Waals surface area contributed by atoms with Gasteiger partial charge in [-0.25, -0.2) is 4.79 Å². The highest BCUT2D eigenvalue weighted by molar-refractivity contribution is 5.89. The Balaban J connectivity index is 2.30. The van der Waals surface area contributed by atoms with Crippen molar-refractivity contribution in [2.45, 2.75) is 52.6 Å². The first-order valence-electron chi connectivity index (χ1n) is 7.30. The van der Waals surface area contributed by atoms with Crippen molar-refractivity contribution in [2.24, 2.45) is 0 Å². The highest BCUT2D eigenvalue weighted by Crippen LogP contribution is 2.12. The number of unbranched alkanes of at least 4 members (excludes halogenated alkanes) is 2. The van der Waals surface area contributed by atoms with E-state index in [1.54, 1.807) is 13.8 Å². The fourth-order valence-electron chi connectivity index (χ4n) is 1.75. The van der Waals surface area contributed by atoms with E-state index in [9.17, 15) is 4.79 Å². The van der Waals surface area contributed by atoms with E-state index in [-0.39, 0.29) is 5.75 Å². The number of carbonyl (C=O) groups excluding carboxylic acids is 1. The lowest BCUT2D eigenvalue weighted by molar-refractivity contribution is -0.213. The zero-order valence-electron chi connectivity index (χ0n) is 12.9. The summed E-state index contributed by atoms with van der Waals surface area (Å²) < 4.78 is 16.1. The Labute approximate surface area is 125 Å². The van der Waals surface area contributed by atoms with Crippen LogP contribution in [0.4, 0.5) is 0 Å². The van der Waals surface area contributed by atoms with E-state index in [0.29, 0.717) is 12.2 Å². The van der Waals surface area contributed by atoms with Crippen LogP contribution >= 0.6 is 0 Å². The fourth-order valence-corrected chi connectivity index (χ4v) is 1.75. The molecule has 0 spiro atoms. The standard InChI is InChI=1S/C16H24O5/c1-4-5-6-11-19-12(2)20-13(3)21-16(18)14-7-9-15(17)10-8-14/h7-10,12-13,17H,4-6,11H2,1-3H3. The summed E-state index contributed by atoms with van der Waals surface area (Å²) in [5, 5.41) is 9.17. The summed E-state index contributed by atoms with van der Waals surface area (Å²) in [7, 11) is 0. The predicted octanol–water partition coefficient (Wildman–Crippen LogP) is 3.46. The van der Waals surface area contributed by atoms with Crippen molar-refractivity contribution < 1.29 is 24.1 Å². The fraction of sp³-hybridized carbons (Fsp3) is 0.562. The van der Waals surface area contributed by atoms with Crippen LogP contribution in [-0.2, 0) is 14.2 Å². The number of phenolic OH excluding ortho intramolecular Hbond substituents is 1. The number of hydrogen-bond acceptors (Lipinski definition) is 5. The summed E-state index contributed by atoms with van der Waals surface area (Å²) in [5.74, 6) is -0.398. The van der Waals surface area contributed by atoms with Crippen LogP contribution in [0.3, 0.4) is 0 Å². The zero-order chi connectivity index (χ0) is 15.7. The summed E-state index contributed by atoms with van der Waals surface area (Å²) in [6.07, 6.45) is 2.13. The first-order valence-corrected chi connectivity index (χ1v) is 7.30. The summed E-state index contributed by atoms with van der Waals surface area (Å²) >= 11 is 0. The third kappa shape index (κ3) is 7.11. The number of carbonyl (C=O) groups is 1. The number of hydrogen-bond donors (Lipinski definition) is 1. The van der Waals surface area contributed by atoms with Crippen LogP contribution in [0, 0.1) is 0 Å². The molecule has 118 valence electrons. The molecular formula is C16H24O5. The molecule has 0 saturated heterocycles. The quantitative estimate of drug-likeness (QED) is 0.429. The summed E-state index contributed by atoms with van der Waals surface area (Å²) in [5.41, 5.74) is 0.361. The van der Waals surface area contributed by atoms with Gasteiger partial charge in [0.15, 0.2) is 6.29 Å². The van der Waals surface area contributed by atoms with Gasteiger partial charge in [-0.15, -0.1) is 0 Å². The van der Waals surface area contributed by atoms with Crippen molar-refractivity contribution in [3.05, 3.63) is 29.8 Å². The first kappa shape index (κ1) is 17.5. The van der Waals surface area contributed by atoms with E-state index in [4.69, 9.17) is 19.3 Å². The van der Waals surface area contributed by atoms with Crippen LogP contribution in [0.1, 0.15) is 50.4 Å². The van der Waals surface area contributed by atoms with E-state index in [1.807, 2.05) is 0 Å². The maximum atomic E-state index is 11.8. The van der Waals surface area contributed by atoms with Gasteiger partial charge in [0.1, 0.15) is 5.75 Å². The highest BCUT2D eigenvalue weighted by atomic mass is 16.8. The lowest BCUT2D eigenvalue weighted by Crippen LogP contribution is -2.25. The molecule has 1 rings (SSSR count). The van der Waals surface area contributed by atoms with Crippen molar-refractivity contribution in [1.82, 2.24) is 0 Å². The number of benzene rings is 1. The van der Waals surface area contributed by atoms with Gasteiger partial charge in [0.05, 0.1) is 5.56 Å². The number of ether oxygens (including phenoxy) is 3. The van der Waals surface area contributed by atoms with Gasteiger partial charge in [-0.1, -0.05) is 19.8 Å². The molecule has 5 nitrogen and oxygen atoms in total. The molecule has 0 aliphatic heterocycles. The Morgan fingerprint density at radius 2 is 1.81 bits per heavy atom. The molecule has 0 fully saturated rings. The number of esters is 1. The van der Waals surface area contributed by atoms with E-state index in [2.05, 4.69) is 6.92 Å². The van der Waals surface area contributed by atoms with Crippen LogP contribution in [0.5, 0.6) is 5.75 Å². The molecule has 2 atom stereocenters. The summed E-state index contributed by atoms with van der Waals surface area (Å²) in [4.78, 5) is 11.8. The Morgan fingerprint density at radius 3 is 2.43 bits per heavy atom. The molecular weight excluding hydrogens is 272 g/mol. The molecule has 0 radical (unpaired) electrons. The second kappa shape index (κ2) is 9.37. The molecule has 21 heavy (non-hydrogen) atoms. The van der Waals surface area contributed by atoms with Crippen LogP contribution in [0.15, 0.2) is 24.3 Å². The van der Waals surface area contributed by atoms with Gasteiger partial charge >= 0.3 is 5.97 Å². The Morgan fingerprint density at radius 1 is 1.14 bits per heavy atom. The lowest BCUT2D eigenvalue weighted by atomic mass is 10.2. The van der Waals surface area contributed by atoms with Crippen LogP contribution < -0.4 is 0 Å². The molecule has 1 aromatic carbocycles. The average Bonchev–Trinajstić information content (AvgIpc) is 2.44. The molecule has 2 unspecified atom stereocenters. The van der Waals surface area contributed by atoms with Crippen molar-refractivity contribution >= 4 is 5.97 Å². The maximum Gasteiger partial charge on any atom is 0.340 e. The highest BCUT2D eigenvalue weighted by Gasteiger charge is 2.15. The van der Waals surface area contributed by atoms with Crippen LogP contribution in [0.25, 0.3) is 0 Å². The minimum Gasteiger partial charge on any atom is -0.508 e. The Kier molecular flexibility index (Phi) is 7.79. The molecule has 0 bridgehead atoms. The van der Waals surface area contributed by atoms with E-state index in [1.165, 1.54) is 24.3 Å². The second-order valence-corrected chi connectivity index (χ2v) is 4.80. The Hall–Kier alpha value is -1.59. The minimum absolute atomic E-state index is 0.102. The number of rotatable bonds is 9. The molecule has 0 aromatic heterocycles. The largest absolute Gasteiger partial charge is 0.508 e. The van der Waals surface area contributed by atoms with Crippen LogP contribution in [0.2, 0.25) is 0 Å². The molecule has 0 heterocycles. The molecule has 0 amide bonds. The third-order valence-corrected chi connectivity index (χ3v) is 2.86. The van der Waals surface area contributed by atoms with Gasteiger partial charge in [-0.3, -0.25) is 0 Å². The smallest absolute Gasteiger partial charge is 0.340 e. The van der Waals surface area contributed by atoms with Crippen molar-refractivity contribution in [2.75, 3.05) is 6.61 Å². The maximum absolute atomic E-state index is 11.8. The number of phenols is 1. The van der Waals surface area contributed by atoms with Gasteiger partial charge < -0.3 is 19.3 Å². The second-order valence-electron chi connectivity index (χ2n) is 4.80. The van der Waals surface area contributed by atoms with Gasteiger partial charge in [-0.05, 0) is 44.5 Å². The van der Waals surface area contributed by atoms with E-state index in [0.717, 1.165) is 19.3 Å². The lowest BCUT2D eigenvalue weighted by Gasteiger charge is -2.19. The minimum atomic E-state index is -0.701. The van der Waals surface area contributed by atoms with Gasteiger partial charge in [0.25, 0.3) is 0 Å². The topological polar surface area (TPSA) is 65.0 Å². The van der Waals surface area contributed by atoms with E-state index >= 15 is 0 Å². The van der Waals surface area contributed by atoms with Crippen molar-refractivity contribution in [3.63, 3.8) is 0 Å². The number of aromatic hydroxyl groups is 1. The van der Waals surface area contributed by atoms with Gasteiger partial charge in [0, 0.05) is 6.61 Å². The monoisotopic (exact) mass is 296 g/mol. The summed E-state index contributed by atoms with van der Waals surface area (Å²) in [6.45, 7) is 6.18. The SMILES string of the molecule is CCCCCOC(C)OC(C)OC(=O)c1ccc(O)cc1. The van der Waals surface area contributed by atoms with Gasteiger partial charge in [0.2, 0.25) is 6.29 Å². The Bertz CT molecular complexity index is 415. The molecule has 5 heteroatoms. The first-order chi connectivity index (χ1) is 10.0. The average molecular weight is 296 g/mol. The zero-order valence-corrected chi connectivity index (χ0v) is 12.9. The molecule has 1 aromatic rings. The van der Waals surface area contributed by atoms with Crippen LogP contribution in [-0.4, -0.2) is 30.3 Å². The normalized spacial score (nSPS) is 13.7. The van der Waals surface area contributed by atoms with Crippen molar-refractivity contribution in [1.29, 1.82) is 0 Å². The van der Waals surface area contributed by atoms with Crippen molar-refractivity contribution in [3.8, 4) is 5.75 Å². The molecule has 1 N–H and O–H groups in total. The molecule has 0 aliphatic carbocycles. The predicted molar refractivity (Wildman–Crippen MR) is 79.0 cm³/mol. The van der Waals surface area contributed by atoms with Gasteiger partial charge in [-0.2, -0.15) is 0 Å². The molecule has 0 aliphatic rings. The third-order valence-electron chi connectivity index (χ3n) is 2.86. The molecule has 0 saturated carbocycles.